The van der Waals surface area contributed by atoms with Crippen molar-refractivity contribution in [1.29, 1.82) is 0 Å². The molecule has 0 bridgehead atoms. The van der Waals surface area contributed by atoms with Gasteiger partial charge in [0, 0.05) is 13.1 Å². The molecule has 0 saturated carbocycles. The van der Waals surface area contributed by atoms with Crippen LogP contribution in [0.25, 0.3) is 0 Å². The lowest BCUT2D eigenvalue weighted by Gasteiger charge is -2.29. The van der Waals surface area contributed by atoms with Gasteiger partial charge in [0.05, 0.1) is 23.5 Å². The molecular weight excluding hydrogens is 238 g/mol. The summed E-state index contributed by atoms with van der Waals surface area (Å²) in [6.07, 6.45) is 4.56. The third kappa shape index (κ3) is 3.30. The van der Waals surface area contributed by atoms with Gasteiger partial charge in [-0.1, -0.05) is 25.4 Å². The molecule has 1 fully saturated rings. The molecule has 0 aromatic carbocycles. The van der Waals surface area contributed by atoms with Gasteiger partial charge in [-0.05, 0) is 18.3 Å². The third-order valence-corrected chi connectivity index (χ3v) is 3.22. The molecule has 2 heterocycles. The van der Waals surface area contributed by atoms with Gasteiger partial charge in [-0.3, -0.25) is 0 Å². The minimum absolute atomic E-state index is 0.0684. The van der Waals surface area contributed by atoms with Gasteiger partial charge in [0.2, 0.25) is 5.95 Å². The van der Waals surface area contributed by atoms with Crippen molar-refractivity contribution in [1.82, 2.24) is 9.97 Å². The van der Waals surface area contributed by atoms with Crippen molar-refractivity contribution in [2.75, 3.05) is 18.0 Å². The van der Waals surface area contributed by atoms with Crippen LogP contribution in [0.3, 0.4) is 0 Å². The summed E-state index contributed by atoms with van der Waals surface area (Å²) in [6, 6.07) is 0. The van der Waals surface area contributed by atoms with E-state index >= 15 is 0 Å². The normalized spacial score (nSPS) is 24.5. The summed E-state index contributed by atoms with van der Waals surface area (Å²) in [5.41, 5.74) is 0.0684. The number of nitrogens with zero attached hydrogens (tertiary/aromatic N) is 3. The molecule has 1 atom stereocenters. The molecule has 17 heavy (non-hydrogen) atoms. The number of halogens is 1. The van der Waals surface area contributed by atoms with Gasteiger partial charge in [0.1, 0.15) is 0 Å². The van der Waals surface area contributed by atoms with Crippen LogP contribution in [0, 0.1) is 5.41 Å². The Morgan fingerprint density at radius 1 is 1.41 bits per heavy atom. The van der Waals surface area contributed by atoms with Crippen molar-refractivity contribution in [3.63, 3.8) is 0 Å². The van der Waals surface area contributed by atoms with E-state index in [4.69, 9.17) is 11.6 Å². The minimum atomic E-state index is -0.234. The second-order valence-electron chi connectivity index (χ2n) is 5.43. The van der Waals surface area contributed by atoms with Crippen molar-refractivity contribution < 1.29 is 5.11 Å². The number of aliphatic hydroxyl groups excluding tert-OH is 1. The molecule has 2 rings (SSSR count). The highest BCUT2D eigenvalue weighted by molar-refractivity contribution is 6.30. The van der Waals surface area contributed by atoms with Crippen LogP contribution in [0.2, 0.25) is 5.02 Å². The summed E-state index contributed by atoms with van der Waals surface area (Å²) in [4.78, 5) is 10.6. The van der Waals surface area contributed by atoms with Crippen molar-refractivity contribution in [3.8, 4) is 0 Å². The molecule has 1 aliphatic rings. The predicted octanol–water partition coefficient (Wildman–Crippen LogP) is 2.12. The molecular formula is C12H18ClN3O. The largest absolute Gasteiger partial charge is 0.393 e. The van der Waals surface area contributed by atoms with E-state index in [9.17, 15) is 5.11 Å². The highest BCUT2D eigenvalue weighted by Gasteiger charge is 2.30. The molecule has 1 saturated heterocycles. The number of aliphatic hydroxyl groups is 1. The first-order chi connectivity index (χ1) is 7.96. The maximum Gasteiger partial charge on any atom is 0.225 e. The smallest absolute Gasteiger partial charge is 0.225 e. The molecule has 0 aliphatic carbocycles. The SMILES string of the molecule is CC1(C)C[C@@H](O)CCN(c2ncc(Cl)cn2)C1. The van der Waals surface area contributed by atoms with E-state index < -0.39 is 0 Å². The first-order valence-corrected chi connectivity index (χ1v) is 6.25. The first-order valence-electron chi connectivity index (χ1n) is 5.87. The van der Waals surface area contributed by atoms with Crippen LogP contribution >= 0.6 is 11.6 Å². The zero-order valence-electron chi connectivity index (χ0n) is 10.2. The number of hydrogen-bond acceptors (Lipinski definition) is 4. The van der Waals surface area contributed by atoms with Gasteiger partial charge in [-0.25, -0.2) is 9.97 Å². The summed E-state index contributed by atoms with van der Waals surface area (Å²) < 4.78 is 0. The summed E-state index contributed by atoms with van der Waals surface area (Å²) in [7, 11) is 0. The van der Waals surface area contributed by atoms with Gasteiger partial charge in [-0.15, -0.1) is 0 Å². The minimum Gasteiger partial charge on any atom is -0.393 e. The topological polar surface area (TPSA) is 49.2 Å². The molecule has 5 heteroatoms. The monoisotopic (exact) mass is 255 g/mol. The van der Waals surface area contributed by atoms with Crippen LogP contribution in [0.4, 0.5) is 5.95 Å². The van der Waals surface area contributed by atoms with E-state index in [1.54, 1.807) is 12.4 Å². The van der Waals surface area contributed by atoms with Crippen LogP contribution in [-0.4, -0.2) is 34.3 Å². The van der Waals surface area contributed by atoms with E-state index in [0.29, 0.717) is 11.0 Å². The third-order valence-electron chi connectivity index (χ3n) is 3.03. The Kier molecular flexibility index (Phi) is 3.54. The fourth-order valence-corrected chi connectivity index (χ4v) is 2.44. The van der Waals surface area contributed by atoms with Gasteiger partial charge < -0.3 is 10.0 Å². The van der Waals surface area contributed by atoms with Gasteiger partial charge >= 0.3 is 0 Å². The number of aromatic nitrogens is 2. The molecule has 0 amide bonds. The number of anilines is 1. The lowest BCUT2D eigenvalue weighted by Crippen LogP contribution is -2.33. The predicted molar refractivity (Wildman–Crippen MR) is 68.3 cm³/mol. The second-order valence-corrected chi connectivity index (χ2v) is 5.87. The zero-order chi connectivity index (χ0) is 12.5. The van der Waals surface area contributed by atoms with E-state index in [-0.39, 0.29) is 11.5 Å². The lowest BCUT2D eigenvalue weighted by molar-refractivity contribution is 0.123. The first kappa shape index (κ1) is 12.6. The maximum atomic E-state index is 9.84. The van der Waals surface area contributed by atoms with Crippen LogP contribution in [0.1, 0.15) is 26.7 Å². The Labute approximate surface area is 107 Å². The van der Waals surface area contributed by atoms with Gasteiger partial charge in [0.15, 0.2) is 0 Å². The van der Waals surface area contributed by atoms with Crippen molar-refractivity contribution in [2.45, 2.75) is 32.8 Å². The summed E-state index contributed by atoms with van der Waals surface area (Å²) in [5, 5.41) is 10.4. The Morgan fingerprint density at radius 3 is 2.71 bits per heavy atom. The van der Waals surface area contributed by atoms with E-state index in [1.807, 2.05) is 0 Å². The molecule has 1 N–H and O–H groups in total. The van der Waals surface area contributed by atoms with Crippen LogP contribution < -0.4 is 4.90 Å². The molecule has 1 aliphatic heterocycles. The van der Waals surface area contributed by atoms with Crippen molar-refractivity contribution in [3.05, 3.63) is 17.4 Å². The van der Waals surface area contributed by atoms with Crippen molar-refractivity contribution in [2.24, 2.45) is 5.41 Å². The lowest BCUT2D eigenvalue weighted by atomic mass is 9.87. The Morgan fingerprint density at radius 2 is 2.06 bits per heavy atom. The summed E-state index contributed by atoms with van der Waals surface area (Å²) in [5.74, 6) is 0.691. The van der Waals surface area contributed by atoms with E-state index in [0.717, 1.165) is 25.9 Å². The van der Waals surface area contributed by atoms with Crippen LogP contribution in [-0.2, 0) is 0 Å². The zero-order valence-corrected chi connectivity index (χ0v) is 11.0. The number of hydrogen-bond donors (Lipinski definition) is 1. The highest BCUT2D eigenvalue weighted by atomic mass is 35.5. The quantitative estimate of drug-likeness (QED) is 0.835. The second kappa shape index (κ2) is 4.78. The molecule has 1 aromatic heterocycles. The summed E-state index contributed by atoms with van der Waals surface area (Å²) >= 11 is 5.78. The van der Waals surface area contributed by atoms with Crippen LogP contribution in [0.15, 0.2) is 12.4 Å². The average Bonchev–Trinajstić information content (AvgIpc) is 2.37. The summed E-state index contributed by atoms with van der Waals surface area (Å²) in [6.45, 7) is 5.95. The highest BCUT2D eigenvalue weighted by Crippen LogP contribution is 2.29. The van der Waals surface area contributed by atoms with Crippen molar-refractivity contribution >= 4 is 17.5 Å². The Balaban J connectivity index is 2.17. The Hall–Kier alpha value is -0.870. The van der Waals surface area contributed by atoms with Gasteiger partial charge in [-0.2, -0.15) is 0 Å². The standard InChI is InChI=1S/C12H18ClN3O/c1-12(2)5-10(17)3-4-16(8-12)11-14-6-9(13)7-15-11/h6-7,10,17H,3-5,8H2,1-2H3/t10-/m0/s1. The fourth-order valence-electron chi connectivity index (χ4n) is 2.34. The molecule has 1 aromatic rings. The molecule has 4 nitrogen and oxygen atoms in total. The molecule has 0 spiro atoms. The van der Waals surface area contributed by atoms with E-state index in [1.165, 1.54) is 0 Å². The molecule has 0 unspecified atom stereocenters. The van der Waals surface area contributed by atoms with Crippen LogP contribution in [0.5, 0.6) is 0 Å². The average molecular weight is 256 g/mol. The van der Waals surface area contributed by atoms with Gasteiger partial charge in [0.25, 0.3) is 0 Å². The maximum absolute atomic E-state index is 9.84. The molecule has 0 radical (unpaired) electrons. The number of rotatable bonds is 1. The molecule has 94 valence electrons. The Bertz CT molecular complexity index is 380. The van der Waals surface area contributed by atoms with E-state index in [2.05, 4.69) is 28.7 Å². The fraction of sp³-hybridized carbons (Fsp3) is 0.667.